The summed E-state index contributed by atoms with van der Waals surface area (Å²) in [5.74, 6) is -0.313. The Hall–Kier alpha value is -3.66. The van der Waals surface area contributed by atoms with Crippen molar-refractivity contribution in [3.8, 4) is 11.1 Å². The van der Waals surface area contributed by atoms with Crippen molar-refractivity contribution in [2.75, 3.05) is 31.6 Å². The summed E-state index contributed by atoms with van der Waals surface area (Å²) in [6, 6.07) is 11.4. The van der Waals surface area contributed by atoms with Crippen LogP contribution in [0.1, 0.15) is 16.1 Å². The lowest BCUT2D eigenvalue weighted by Crippen LogP contribution is -2.59. The summed E-state index contributed by atoms with van der Waals surface area (Å²) in [5.41, 5.74) is 4.18. The van der Waals surface area contributed by atoms with E-state index in [4.69, 9.17) is 0 Å². The lowest BCUT2D eigenvalue weighted by Gasteiger charge is -2.48. The highest BCUT2D eigenvalue weighted by molar-refractivity contribution is 6.11. The fraction of sp³-hybridized carbons (Fsp3) is 0.250. The maximum absolute atomic E-state index is 12.8. The molecule has 5 rings (SSSR count). The molecule has 9 nitrogen and oxygen atoms in total. The Labute approximate surface area is 190 Å². The van der Waals surface area contributed by atoms with Gasteiger partial charge in [0.05, 0.1) is 30.6 Å². The molecule has 1 amide bonds. The van der Waals surface area contributed by atoms with Gasteiger partial charge in [-0.3, -0.25) is 24.8 Å². The number of carbonyl (C=O) groups is 1. The van der Waals surface area contributed by atoms with E-state index >= 15 is 0 Å². The number of nitrogens with one attached hydrogen (secondary N) is 2. The van der Waals surface area contributed by atoms with Crippen LogP contribution in [0.25, 0.3) is 22.0 Å². The third-order valence-corrected chi connectivity index (χ3v) is 6.02. The van der Waals surface area contributed by atoms with E-state index in [0.717, 1.165) is 27.6 Å². The number of fused-ring (bicyclic) bond motifs is 1. The van der Waals surface area contributed by atoms with E-state index in [0.29, 0.717) is 31.0 Å². The summed E-state index contributed by atoms with van der Waals surface area (Å²) in [4.78, 5) is 23.4. The number of H-pyrrole nitrogens is 1. The number of nitrogens with zero attached hydrogens (tertiary/aromatic N) is 4. The third-order valence-electron chi connectivity index (χ3n) is 6.02. The molecule has 4 aromatic rings. The van der Waals surface area contributed by atoms with Gasteiger partial charge in [0.25, 0.3) is 5.91 Å². The first-order valence-corrected chi connectivity index (χ1v) is 10.7. The molecule has 0 saturated carbocycles. The van der Waals surface area contributed by atoms with Gasteiger partial charge in [-0.05, 0) is 41.5 Å². The number of rotatable bonds is 7. The SMILES string of the molecule is O=C(Nc1cccnc1)c1n[nH]c2ccc(-c3cncc(CN4CC(CO)(CO)C4)c3)cc12. The van der Waals surface area contributed by atoms with Crippen molar-refractivity contribution in [3.63, 3.8) is 0 Å². The van der Waals surface area contributed by atoms with Gasteiger partial charge in [0.1, 0.15) is 0 Å². The number of anilines is 1. The number of pyridine rings is 2. The summed E-state index contributed by atoms with van der Waals surface area (Å²) in [5, 5.41) is 29.6. The Morgan fingerprint density at radius 1 is 1.06 bits per heavy atom. The minimum atomic E-state index is -0.399. The Morgan fingerprint density at radius 3 is 2.67 bits per heavy atom. The van der Waals surface area contributed by atoms with Crippen molar-refractivity contribution in [1.29, 1.82) is 0 Å². The van der Waals surface area contributed by atoms with Gasteiger partial charge in [0, 0.05) is 54.6 Å². The number of aliphatic hydroxyl groups is 2. The Kier molecular flexibility index (Phi) is 5.59. The van der Waals surface area contributed by atoms with Gasteiger partial charge in [-0.2, -0.15) is 5.10 Å². The highest BCUT2D eigenvalue weighted by Crippen LogP contribution is 2.31. The lowest BCUT2D eigenvalue weighted by molar-refractivity contribution is -0.0786. The molecule has 1 fully saturated rings. The van der Waals surface area contributed by atoms with Crippen molar-refractivity contribution in [3.05, 3.63) is 72.4 Å². The second-order valence-corrected chi connectivity index (χ2v) is 8.57. The van der Waals surface area contributed by atoms with Crippen LogP contribution in [-0.2, 0) is 6.54 Å². The lowest BCUT2D eigenvalue weighted by atomic mass is 9.81. The largest absolute Gasteiger partial charge is 0.396 e. The maximum Gasteiger partial charge on any atom is 0.276 e. The Balaban J connectivity index is 1.36. The number of likely N-dealkylation sites (tertiary alicyclic amines) is 1. The average molecular weight is 444 g/mol. The molecule has 0 unspecified atom stereocenters. The molecule has 1 aliphatic heterocycles. The fourth-order valence-electron chi connectivity index (χ4n) is 4.25. The normalized spacial score (nSPS) is 15.3. The van der Waals surface area contributed by atoms with Gasteiger partial charge in [0.15, 0.2) is 5.69 Å². The highest BCUT2D eigenvalue weighted by atomic mass is 16.3. The maximum atomic E-state index is 12.8. The zero-order valence-electron chi connectivity index (χ0n) is 17.9. The van der Waals surface area contributed by atoms with E-state index < -0.39 is 5.41 Å². The van der Waals surface area contributed by atoms with E-state index in [9.17, 15) is 15.0 Å². The van der Waals surface area contributed by atoms with Crippen LogP contribution in [-0.4, -0.2) is 67.5 Å². The third kappa shape index (κ3) is 4.21. The first-order valence-electron chi connectivity index (χ1n) is 10.7. The first-order chi connectivity index (χ1) is 16.1. The highest BCUT2D eigenvalue weighted by Gasteiger charge is 2.41. The van der Waals surface area contributed by atoms with Gasteiger partial charge < -0.3 is 15.5 Å². The zero-order valence-corrected chi connectivity index (χ0v) is 17.9. The monoisotopic (exact) mass is 444 g/mol. The summed E-state index contributed by atoms with van der Waals surface area (Å²) in [6.45, 7) is 1.97. The molecule has 1 aliphatic rings. The van der Waals surface area contributed by atoms with Crippen LogP contribution in [0.2, 0.25) is 0 Å². The molecular formula is C24H24N6O3. The number of aromatic amines is 1. The summed E-state index contributed by atoms with van der Waals surface area (Å²) in [6.07, 6.45) is 6.84. The van der Waals surface area contributed by atoms with Gasteiger partial charge in [-0.15, -0.1) is 0 Å². The number of aliphatic hydroxyl groups excluding tert-OH is 2. The van der Waals surface area contributed by atoms with Crippen LogP contribution >= 0.6 is 0 Å². The molecule has 4 heterocycles. The molecule has 0 aliphatic carbocycles. The smallest absolute Gasteiger partial charge is 0.276 e. The van der Waals surface area contributed by atoms with Crippen molar-refractivity contribution in [1.82, 2.24) is 25.1 Å². The van der Waals surface area contributed by atoms with E-state index in [1.165, 1.54) is 0 Å². The van der Waals surface area contributed by atoms with Crippen molar-refractivity contribution in [2.45, 2.75) is 6.54 Å². The Morgan fingerprint density at radius 2 is 1.91 bits per heavy atom. The topological polar surface area (TPSA) is 127 Å². The van der Waals surface area contributed by atoms with E-state index in [-0.39, 0.29) is 19.1 Å². The molecule has 33 heavy (non-hydrogen) atoms. The molecule has 4 N–H and O–H groups in total. The van der Waals surface area contributed by atoms with E-state index in [2.05, 4.69) is 36.4 Å². The van der Waals surface area contributed by atoms with Crippen LogP contribution < -0.4 is 5.32 Å². The molecule has 0 atom stereocenters. The first kappa shape index (κ1) is 21.2. The molecule has 168 valence electrons. The number of benzene rings is 1. The van der Waals surface area contributed by atoms with Crippen LogP contribution in [0.5, 0.6) is 0 Å². The van der Waals surface area contributed by atoms with Gasteiger partial charge in [0.2, 0.25) is 0 Å². The predicted octanol–water partition coefficient (Wildman–Crippen LogP) is 2.06. The number of carbonyl (C=O) groups excluding carboxylic acids is 1. The van der Waals surface area contributed by atoms with Crippen LogP contribution in [0.15, 0.2) is 61.2 Å². The fourth-order valence-corrected chi connectivity index (χ4v) is 4.25. The molecule has 0 spiro atoms. The number of hydrogen-bond acceptors (Lipinski definition) is 7. The van der Waals surface area contributed by atoms with Crippen LogP contribution in [0.3, 0.4) is 0 Å². The summed E-state index contributed by atoms with van der Waals surface area (Å²) < 4.78 is 0. The second kappa shape index (κ2) is 8.70. The molecule has 9 heteroatoms. The Bertz CT molecular complexity index is 1280. The van der Waals surface area contributed by atoms with Crippen molar-refractivity contribution in [2.24, 2.45) is 5.41 Å². The van der Waals surface area contributed by atoms with Crippen molar-refractivity contribution >= 4 is 22.5 Å². The number of hydrogen-bond donors (Lipinski definition) is 4. The molecule has 0 bridgehead atoms. The quantitative estimate of drug-likeness (QED) is 0.344. The van der Waals surface area contributed by atoms with Gasteiger partial charge in [-0.1, -0.05) is 6.07 Å². The molecule has 3 aromatic heterocycles. The summed E-state index contributed by atoms with van der Waals surface area (Å²) in [7, 11) is 0. The second-order valence-electron chi connectivity index (χ2n) is 8.57. The number of aromatic nitrogens is 4. The molecule has 1 saturated heterocycles. The van der Waals surface area contributed by atoms with E-state index in [1.54, 1.807) is 30.7 Å². The van der Waals surface area contributed by atoms with Crippen LogP contribution in [0.4, 0.5) is 5.69 Å². The minimum absolute atomic E-state index is 0.0142. The van der Waals surface area contributed by atoms with Crippen LogP contribution in [0, 0.1) is 5.41 Å². The molecular weight excluding hydrogens is 420 g/mol. The zero-order chi connectivity index (χ0) is 22.8. The average Bonchev–Trinajstić information content (AvgIpc) is 3.25. The summed E-state index contributed by atoms with van der Waals surface area (Å²) >= 11 is 0. The van der Waals surface area contributed by atoms with Crippen molar-refractivity contribution < 1.29 is 15.0 Å². The molecule has 1 aromatic carbocycles. The minimum Gasteiger partial charge on any atom is -0.396 e. The molecule has 0 radical (unpaired) electrons. The van der Waals surface area contributed by atoms with Gasteiger partial charge >= 0.3 is 0 Å². The number of amides is 1. The van der Waals surface area contributed by atoms with Gasteiger partial charge in [-0.25, -0.2) is 0 Å². The van der Waals surface area contributed by atoms with E-state index in [1.807, 2.05) is 24.4 Å². The standard InChI is InChI=1S/C24H24N6O3/c31-14-24(15-32)12-30(13-24)11-16-6-18(9-26-8-16)17-3-4-21-20(7-17)22(29-28-21)23(33)27-19-2-1-5-25-10-19/h1-10,31-32H,11-15H2,(H,27,33)(H,28,29). The predicted molar refractivity (Wildman–Crippen MR) is 123 cm³/mol.